The van der Waals surface area contributed by atoms with Gasteiger partial charge in [0.25, 0.3) is 0 Å². The fourth-order valence-electron chi connectivity index (χ4n) is 2.24. The number of ether oxygens (including phenoxy) is 1. The summed E-state index contributed by atoms with van der Waals surface area (Å²) in [7, 11) is 2.17. The van der Waals surface area contributed by atoms with Crippen molar-refractivity contribution in [2.75, 3.05) is 33.3 Å². The number of likely N-dealkylation sites (tertiary alicyclic amines) is 1. The molecule has 1 saturated heterocycles. The first kappa shape index (κ1) is 13.3. The van der Waals surface area contributed by atoms with Gasteiger partial charge in [-0.2, -0.15) is 0 Å². The molecule has 0 radical (unpaired) electrons. The van der Waals surface area contributed by atoms with Crippen molar-refractivity contribution in [2.24, 2.45) is 0 Å². The van der Waals surface area contributed by atoms with Crippen LogP contribution in [-0.2, 0) is 4.74 Å². The lowest BCUT2D eigenvalue weighted by atomic mass is 10.0. The molecule has 16 heavy (non-hydrogen) atoms. The average molecular weight is 228 g/mol. The summed E-state index contributed by atoms with van der Waals surface area (Å²) >= 11 is 0. The van der Waals surface area contributed by atoms with E-state index in [1.165, 1.54) is 6.42 Å². The molecule has 0 saturated carbocycles. The highest BCUT2D eigenvalue weighted by molar-refractivity contribution is 5.67. The van der Waals surface area contributed by atoms with E-state index in [-0.39, 0.29) is 6.09 Å². The summed E-state index contributed by atoms with van der Waals surface area (Å²) in [6.07, 6.45) is 3.17. The van der Waals surface area contributed by atoms with Gasteiger partial charge in [0.05, 0.1) is 6.61 Å². The number of carbonyl (C=O) groups excluding carboxylic acids is 1. The summed E-state index contributed by atoms with van der Waals surface area (Å²) in [6, 6.07) is 0.630. The van der Waals surface area contributed by atoms with Crippen LogP contribution in [0.4, 0.5) is 4.79 Å². The molecule has 1 aliphatic heterocycles. The van der Waals surface area contributed by atoms with E-state index in [0.29, 0.717) is 12.6 Å². The first-order valence-electron chi connectivity index (χ1n) is 6.31. The summed E-state index contributed by atoms with van der Waals surface area (Å²) in [5.41, 5.74) is 0. The Morgan fingerprint density at radius 1 is 1.38 bits per heavy atom. The van der Waals surface area contributed by atoms with Crippen LogP contribution < -0.4 is 0 Å². The summed E-state index contributed by atoms with van der Waals surface area (Å²) in [4.78, 5) is 15.7. The van der Waals surface area contributed by atoms with E-state index in [2.05, 4.69) is 18.9 Å². The van der Waals surface area contributed by atoms with Crippen LogP contribution in [0.25, 0.3) is 0 Å². The Morgan fingerprint density at radius 2 is 2.00 bits per heavy atom. The smallest absolute Gasteiger partial charge is 0.409 e. The van der Waals surface area contributed by atoms with Gasteiger partial charge in [-0.3, -0.25) is 0 Å². The minimum absolute atomic E-state index is 0.154. The Labute approximate surface area is 98.5 Å². The number of hydrogen-bond acceptors (Lipinski definition) is 3. The van der Waals surface area contributed by atoms with E-state index in [4.69, 9.17) is 4.74 Å². The molecule has 1 fully saturated rings. The topological polar surface area (TPSA) is 32.8 Å². The van der Waals surface area contributed by atoms with Gasteiger partial charge in [-0.05, 0) is 39.8 Å². The van der Waals surface area contributed by atoms with Crippen molar-refractivity contribution in [1.29, 1.82) is 0 Å². The minimum atomic E-state index is -0.154. The van der Waals surface area contributed by atoms with Crippen LogP contribution in [0.2, 0.25) is 0 Å². The number of amides is 1. The Balaban J connectivity index is 2.30. The van der Waals surface area contributed by atoms with Crippen LogP contribution in [0.1, 0.15) is 33.1 Å². The Morgan fingerprint density at radius 3 is 2.50 bits per heavy atom. The Hall–Kier alpha value is -0.770. The van der Waals surface area contributed by atoms with Crippen molar-refractivity contribution in [1.82, 2.24) is 9.80 Å². The van der Waals surface area contributed by atoms with Crippen molar-refractivity contribution >= 4 is 6.09 Å². The predicted octanol–water partition coefficient (Wildman–Crippen LogP) is 1.95. The average Bonchev–Trinajstić information content (AvgIpc) is 2.30. The third-order valence-electron chi connectivity index (χ3n) is 3.19. The molecule has 1 amide bonds. The van der Waals surface area contributed by atoms with Crippen molar-refractivity contribution in [3.63, 3.8) is 0 Å². The normalized spacial score (nSPS) is 17.9. The van der Waals surface area contributed by atoms with Crippen molar-refractivity contribution < 1.29 is 9.53 Å². The highest BCUT2D eigenvalue weighted by Crippen LogP contribution is 2.16. The monoisotopic (exact) mass is 228 g/mol. The summed E-state index contributed by atoms with van der Waals surface area (Å²) < 4.78 is 5.00. The molecule has 0 unspecified atom stereocenters. The van der Waals surface area contributed by atoms with E-state index in [1.54, 1.807) is 0 Å². The van der Waals surface area contributed by atoms with Gasteiger partial charge in [-0.1, -0.05) is 6.92 Å². The van der Waals surface area contributed by atoms with Gasteiger partial charge in [-0.25, -0.2) is 4.79 Å². The zero-order valence-corrected chi connectivity index (χ0v) is 10.7. The van der Waals surface area contributed by atoms with Gasteiger partial charge in [0.2, 0.25) is 0 Å². The van der Waals surface area contributed by atoms with Crippen LogP contribution in [-0.4, -0.2) is 55.2 Å². The zero-order valence-electron chi connectivity index (χ0n) is 10.7. The van der Waals surface area contributed by atoms with Gasteiger partial charge < -0.3 is 14.5 Å². The van der Waals surface area contributed by atoms with Crippen LogP contribution in [0.3, 0.4) is 0 Å². The molecule has 0 aliphatic carbocycles. The van der Waals surface area contributed by atoms with Gasteiger partial charge in [0, 0.05) is 19.1 Å². The molecular formula is C12H24N2O2. The van der Waals surface area contributed by atoms with Crippen LogP contribution >= 0.6 is 0 Å². The maximum absolute atomic E-state index is 11.5. The zero-order chi connectivity index (χ0) is 12.0. The molecule has 1 aliphatic rings. The van der Waals surface area contributed by atoms with Crippen molar-refractivity contribution in [3.8, 4) is 0 Å². The first-order chi connectivity index (χ1) is 7.69. The highest BCUT2D eigenvalue weighted by atomic mass is 16.6. The minimum Gasteiger partial charge on any atom is -0.450 e. The molecule has 1 rings (SSSR count). The molecule has 0 aromatic carbocycles. The largest absolute Gasteiger partial charge is 0.450 e. The second-order valence-electron chi connectivity index (χ2n) is 4.40. The Kier molecular flexibility index (Phi) is 5.60. The van der Waals surface area contributed by atoms with E-state index >= 15 is 0 Å². The summed E-state index contributed by atoms with van der Waals surface area (Å²) in [5, 5.41) is 0. The number of rotatable bonds is 4. The lowest BCUT2D eigenvalue weighted by Gasteiger charge is -2.36. The molecule has 4 heteroatoms. The van der Waals surface area contributed by atoms with Crippen LogP contribution in [0.5, 0.6) is 0 Å². The molecule has 94 valence electrons. The lowest BCUT2D eigenvalue weighted by molar-refractivity contribution is 0.0808. The molecule has 0 aromatic rings. The fraction of sp³-hybridized carbons (Fsp3) is 0.917. The van der Waals surface area contributed by atoms with E-state index in [1.807, 2.05) is 11.8 Å². The summed E-state index contributed by atoms with van der Waals surface area (Å²) in [6.45, 7) is 7.32. The van der Waals surface area contributed by atoms with Gasteiger partial charge >= 0.3 is 6.09 Å². The second kappa shape index (κ2) is 6.74. The maximum atomic E-state index is 11.5. The molecule has 1 heterocycles. The Bertz CT molecular complexity index is 213. The molecule has 0 spiro atoms. The third-order valence-corrected chi connectivity index (χ3v) is 3.19. The second-order valence-corrected chi connectivity index (χ2v) is 4.40. The van der Waals surface area contributed by atoms with E-state index < -0.39 is 0 Å². The molecule has 4 nitrogen and oxygen atoms in total. The van der Waals surface area contributed by atoms with Gasteiger partial charge in [0.1, 0.15) is 0 Å². The standard InChI is InChI=1S/C12H24N2O2/c1-4-8-13(3)11-6-9-14(10-7-11)12(15)16-5-2/h11H,4-10H2,1-3H3. The predicted molar refractivity (Wildman–Crippen MR) is 64.5 cm³/mol. The van der Waals surface area contributed by atoms with Gasteiger partial charge in [0.15, 0.2) is 0 Å². The maximum Gasteiger partial charge on any atom is 0.409 e. The molecule has 0 atom stereocenters. The highest BCUT2D eigenvalue weighted by Gasteiger charge is 2.25. The number of nitrogens with zero attached hydrogens (tertiary/aromatic N) is 2. The number of carbonyl (C=O) groups is 1. The molecular weight excluding hydrogens is 204 g/mol. The summed E-state index contributed by atoms with van der Waals surface area (Å²) in [5.74, 6) is 0. The number of hydrogen-bond donors (Lipinski definition) is 0. The first-order valence-corrected chi connectivity index (χ1v) is 6.31. The number of piperidine rings is 1. The van der Waals surface area contributed by atoms with Gasteiger partial charge in [-0.15, -0.1) is 0 Å². The third kappa shape index (κ3) is 3.67. The molecule has 0 aromatic heterocycles. The van der Waals surface area contributed by atoms with E-state index in [0.717, 1.165) is 32.5 Å². The fourth-order valence-corrected chi connectivity index (χ4v) is 2.24. The van der Waals surface area contributed by atoms with Crippen molar-refractivity contribution in [3.05, 3.63) is 0 Å². The van der Waals surface area contributed by atoms with Crippen LogP contribution in [0, 0.1) is 0 Å². The molecule has 0 N–H and O–H groups in total. The van der Waals surface area contributed by atoms with E-state index in [9.17, 15) is 4.79 Å². The SMILES string of the molecule is CCCN(C)C1CCN(C(=O)OCC)CC1. The lowest BCUT2D eigenvalue weighted by Crippen LogP contribution is -2.45. The van der Waals surface area contributed by atoms with Crippen molar-refractivity contribution in [2.45, 2.75) is 39.2 Å². The quantitative estimate of drug-likeness (QED) is 0.737. The molecule has 0 bridgehead atoms. The van der Waals surface area contributed by atoms with Crippen LogP contribution in [0.15, 0.2) is 0 Å².